The van der Waals surface area contributed by atoms with E-state index in [0.29, 0.717) is 25.6 Å². The number of piperidine rings is 1. The fourth-order valence-electron chi connectivity index (χ4n) is 2.88. The van der Waals surface area contributed by atoms with E-state index in [-0.39, 0.29) is 29.8 Å². The van der Waals surface area contributed by atoms with Crippen LogP contribution in [0.2, 0.25) is 0 Å². The Morgan fingerprint density at radius 2 is 1.85 bits per heavy atom. The Balaban J connectivity index is 0.00000338. The van der Waals surface area contributed by atoms with Crippen LogP contribution < -0.4 is 10.6 Å². The molecular weight excluding hydrogens is 470 g/mol. The molecule has 1 aliphatic heterocycles. The van der Waals surface area contributed by atoms with Crippen LogP contribution in [0.15, 0.2) is 29.3 Å². The quantitative estimate of drug-likeness (QED) is 0.357. The minimum Gasteiger partial charge on any atom is -0.356 e. The number of hydrogen-bond acceptors (Lipinski definition) is 3. The second-order valence-electron chi connectivity index (χ2n) is 6.36. The van der Waals surface area contributed by atoms with Crippen molar-refractivity contribution < 1.29 is 12.8 Å². The van der Waals surface area contributed by atoms with E-state index in [1.165, 1.54) is 18.4 Å². The summed E-state index contributed by atoms with van der Waals surface area (Å²) in [6, 6.07) is 6.49. The summed E-state index contributed by atoms with van der Waals surface area (Å²) in [5.74, 6) is 0.942. The molecule has 1 aliphatic rings. The van der Waals surface area contributed by atoms with Gasteiger partial charge in [-0.3, -0.25) is 4.99 Å². The van der Waals surface area contributed by atoms with Gasteiger partial charge in [-0.15, -0.1) is 24.0 Å². The second-order valence-corrected chi connectivity index (χ2v) is 8.34. The zero-order chi connectivity index (χ0) is 18.3. The highest BCUT2D eigenvalue weighted by atomic mass is 127. The van der Waals surface area contributed by atoms with Gasteiger partial charge in [-0.1, -0.05) is 12.1 Å². The van der Waals surface area contributed by atoms with Crippen LogP contribution in [0.4, 0.5) is 4.39 Å². The van der Waals surface area contributed by atoms with Gasteiger partial charge in [-0.05, 0) is 42.9 Å². The number of rotatable bonds is 6. The molecule has 1 fully saturated rings. The summed E-state index contributed by atoms with van der Waals surface area (Å²) < 4.78 is 37.5. The van der Waals surface area contributed by atoms with Crippen LogP contribution in [0.1, 0.15) is 18.4 Å². The topological polar surface area (TPSA) is 73.8 Å². The van der Waals surface area contributed by atoms with Crippen molar-refractivity contribution in [2.45, 2.75) is 19.3 Å². The van der Waals surface area contributed by atoms with Crippen molar-refractivity contribution >= 4 is 40.0 Å². The first-order valence-electron chi connectivity index (χ1n) is 8.52. The molecule has 148 valence electrons. The van der Waals surface area contributed by atoms with Crippen LogP contribution in [0.3, 0.4) is 0 Å². The average molecular weight is 498 g/mol. The summed E-state index contributed by atoms with van der Waals surface area (Å²) in [6.45, 7) is 2.65. The van der Waals surface area contributed by atoms with Crippen molar-refractivity contribution in [3.05, 3.63) is 35.6 Å². The normalized spacial score (nSPS) is 16.8. The van der Waals surface area contributed by atoms with Gasteiger partial charge in [-0.25, -0.2) is 17.1 Å². The average Bonchev–Trinajstić information content (AvgIpc) is 2.59. The lowest BCUT2D eigenvalue weighted by Crippen LogP contribution is -2.44. The first kappa shape index (κ1) is 23.1. The maximum atomic E-state index is 12.9. The van der Waals surface area contributed by atoms with Gasteiger partial charge >= 0.3 is 0 Å². The Bertz CT molecular complexity index is 675. The molecule has 1 heterocycles. The van der Waals surface area contributed by atoms with E-state index in [1.54, 1.807) is 23.5 Å². The van der Waals surface area contributed by atoms with E-state index in [1.807, 2.05) is 0 Å². The van der Waals surface area contributed by atoms with E-state index in [4.69, 9.17) is 0 Å². The predicted molar refractivity (Wildman–Crippen MR) is 114 cm³/mol. The number of sulfonamides is 1. The standard InChI is InChI=1S/C17H27FN4O2S.HI/c1-19-17(20-10-7-14-3-5-16(18)6-4-14)21-13-15-8-11-22(12-9-15)25(2,23)24;/h3-6,15H,7-13H2,1-2H3,(H2,19,20,21);1H. The Hall–Kier alpha value is -0.940. The lowest BCUT2D eigenvalue weighted by molar-refractivity contribution is 0.275. The molecule has 0 aliphatic carbocycles. The number of nitrogens with one attached hydrogen (secondary N) is 2. The summed E-state index contributed by atoms with van der Waals surface area (Å²) in [5.41, 5.74) is 1.07. The number of aliphatic imine (C=N–C) groups is 1. The molecule has 1 aromatic rings. The van der Waals surface area contributed by atoms with E-state index in [2.05, 4.69) is 15.6 Å². The summed E-state index contributed by atoms with van der Waals surface area (Å²) in [6.07, 6.45) is 3.76. The predicted octanol–water partition coefficient (Wildman–Crippen LogP) is 1.82. The molecule has 9 heteroatoms. The van der Waals surface area contributed by atoms with Gasteiger partial charge in [0.15, 0.2) is 5.96 Å². The smallest absolute Gasteiger partial charge is 0.211 e. The summed E-state index contributed by atoms with van der Waals surface area (Å²) in [7, 11) is -1.35. The largest absolute Gasteiger partial charge is 0.356 e. The fraction of sp³-hybridized carbons (Fsp3) is 0.588. The van der Waals surface area contributed by atoms with Crippen LogP contribution in [0, 0.1) is 11.7 Å². The van der Waals surface area contributed by atoms with E-state index >= 15 is 0 Å². The molecule has 26 heavy (non-hydrogen) atoms. The molecule has 0 amide bonds. The van der Waals surface area contributed by atoms with Gasteiger partial charge in [0.2, 0.25) is 10.0 Å². The van der Waals surface area contributed by atoms with Crippen LogP contribution >= 0.6 is 24.0 Å². The van der Waals surface area contributed by atoms with Gasteiger partial charge in [0.1, 0.15) is 5.82 Å². The summed E-state index contributed by atoms with van der Waals surface area (Å²) >= 11 is 0. The molecule has 0 aromatic heterocycles. The Kier molecular flexibility index (Phi) is 9.80. The lowest BCUT2D eigenvalue weighted by Gasteiger charge is -2.30. The molecule has 2 N–H and O–H groups in total. The molecule has 6 nitrogen and oxygen atoms in total. The number of halogens is 2. The molecule has 0 bridgehead atoms. The fourth-order valence-corrected chi connectivity index (χ4v) is 3.76. The minimum absolute atomic E-state index is 0. The maximum Gasteiger partial charge on any atom is 0.211 e. The third kappa shape index (κ3) is 7.75. The Labute approximate surface area is 172 Å². The molecule has 0 unspecified atom stereocenters. The molecule has 1 aromatic carbocycles. The van der Waals surface area contributed by atoms with Gasteiger partial charge < -0.3 is 10.6 Å². The lowest BCUT2D eigenvalue weighted by atomic mass is 9.98. The number of nitrogens with zero attached hydrogens (tertiary/aromatic N) is 2. The van der Waals surface area contributed by atoms with Crippen LogP contribution in [0.5, 0.6) is 0 Å². The summed E-state index contributed by atoms with van der Waals surface area (Å²) in [4.78, 5) is 4.20. The van der Waals surface area contributed by atoms with Crippen molar-refractivity contribution in [3.63, 3.8) is 0 Å². The maximum absolute atomic E-state index is 12.9. The molecule has 0 spiro atoms. The molecule has 0 atom stereocenters. The second kappa shape index (κ2) is 11.0. The van der Waals surface area contributed by atoms with Crippen LogP contribution in [-0.4, -0.2) is 58.2 Å². The molecule has 1 saturated heterocycles. The highest BCUT2D eigenvalue weighted by molar-refractivity contribution is 14.0. The zero-order valence-electron chi connectivity index (χ0n) is 15.2. The van der Waals surface area contributed by atoms with E-state index in [0.717, 1.165) is 37.3 Å². The van der Waals surface area contributed by atoms with E-state index in [9.17, 15) is 12.8 Å². The molecule has 2 rings (SSSR count). The van der Waals surface area contributed by atoms with Gasteiger partial charge in [0, 0.05) is 33.2 Å². The van der Waals surface area contributed by atoms with Crippen LogP contribution in [0.25, 0.3) is 0 Å². The van der Waals surface area contributed by atoms with Crippen molar-refractivity contribution in [2.24, 2.45) is 10.9 Å². The monoisotopic (exact) mass is 498 g/mol. The molecular formula is C17H28FIN4O2S. The first-order valence-corrected chi connectivity index (χ1v) is 10.4. The van der Waals surface area contributed by atoms with E-state index < -0.39 is 10.0 Å². The van der Waals surface area contributed by atoms with Crippen molar-refractivity contribution in [2.75, 3.05) is 39.5 Å². The van der Waals surface area contributed by atoms with Crippen LogP contribution in [-0.2, 0) is 16.4 Å². The van der Waals surface area contributed by atoms with Crippen molar-refractivity contribution in [3.8, 4) is 0 Å². The van der Waals surface area contributed by atoms with Crippen molar-refractivity contribution in [1.29, 1.82) is 0 Å². The van der Waals surface area contributed by atoms with Gasteiger partial charge in [0.05, 0.1) is 6.26 Å². The minimum atomic E-state index is -3.07. The zero-order valence-corrected chi connectivity index (χ0v) is 18.4. The molecule has 0 radical (unpaired) electrons. The Morgan fingerprint density at radius 1 is 1.23 bits per heavy atom. The number of guanidine groups is 1. The summed E-state index contributed by atoms with van der Waals surface area (Å²) in [5, 5.41) is 6.54. The highest BCUT2D eigenvalue weighted by Gasteiger charge is 2.24. The van der Waals surface area contributed by atoms with Gasteiger partial charge in [-0.2, -0.15) is 0 Å². The van der Waals surface area contributed by atoms with Crippen molar-refractivity contribution in [1.82, 2.24) is 14.9 Å². The molecule has 0 saturated carbocycles. The highest BCUT2D eigenvalue weighted by Crippen LogP contribution is 2.18. The number of benzene rings is 1. The first-order chi connectivity index (χ1) is 11.9. The third-order valence-electron chi connectivity index (χ3n) is 4.44. The Morgan fingerprint density at radius 3 is 2.38 bits per heavy atom. The SMILES string of the molecule is CN=C(NCCc1ccc(F)cc1)NCC1CCN(S(C)(=O)=O)CC1.I. The van der Waals surface area contributed by atoms with Gasteiger partial charge in [0.25, 0.3) is 0 Å². The number of hydrogen-bond donors (Lipinski definition) is 2. The third-order valence-corrected chi connectivity index (χ3v) is 5.75.